The molecule has 3 aromatic rings. The molecule has 6 nitrogen and oxygen atoms in total. The third-order valence-electron chi connectivity index (χ3n) is 5.25. The predicted molar refractivity (Wildman–Crippen MR) is 127 cm³/mol. The minimum Gasteiger partial charge on any atom is -0.468 e. The van der Waals surface area contributed by atoms with Gasteiger partial charge < -0.3 is 15.4 Å². The molecule has 6 heteroatoms. The molecular weight excluding hydrogens is 400 g/mol. The molecule has 2 aromatic carbocycles. The van der Waals surface area contributed by atoms with E-state index in [4.69, 9.17) is 4.74 Å². The van der Waals surface area contributed by atoms with Crippen LogP contribution < -0.4 is 15.4 Å². The number of carbonyl (C=O) groups is 1. The number of anilines is 2. The van der Waals surface area contributed by atoms with Crippen LogP contribution in [0.15, 0.2) is 96.1 Å². The van der Waals surface area contributed by atoms with Gasteiger partial charge in [-0.3, -0.25) is 4.79 Å². The fourth-order valence-electron chi connectivity index (χ4n) is 3.42. The highest BCUT2D eigenvalue weighted by Crippen LogP contribution is 2.23. The van der Waals surface area contributed by atoms with Gasteiger partial charge in [0.05, 0.1) is 0 Å². The Balaban J connectivity index is 1.34. The first kappa shape index (κ1) is 21.3. The minimum absolute atomic E-state index is 0.0979. The molecule has 0 radical (unpaired) electrons. The number of carbonyl (C=O) groups excluding carboxylic acids is 1. The molecule has 0 saturated heterocycles. The fourth-order valence-corrected chi connectivity index (χ4v) is 3.42. The van der Waals surface area contributed by atoms with Crippen molar-refractivity contribution < 1.29 is 9.53 Å². The van der Waals surface area contributed by atoms with E-state index in [1.165, 1.54) is 5.56 Å². The van der Waals surface area contributed by atoms with Gasteiger partial charge in [-0.25, -0.2) is 9.98 Å². The second-order valence-corrected chi connectivity index (χ2v) is 7.64. The quantitative estimate of drug-likeness (QED) is 0.547. The molecule has 4 rings (SSSR count). The van der Waals surface area contributed by atoms with Crippen LogP contribution in [0.4, 0.5) is 11.5 Å². The normalized spacial score (nSPS) is 18.0. The monoisotopic (exact) mass is 426 g/mol. The SMILES string of the molecule is CC(CNC(=O)C1C=CC=NC1Oc1ccc(Nc2ccccn2)cc1)c1ccccc1. The molecule has 1 aliphatic rings. The van der Waals surface area contributed by atoms with Gasteiger partial charge in [-0.05, 0) is 54.0 Å². The van der Waals surface area contributed by atoms with Crippen molar-refractivity contribution in [2.24, 2.45) is 10.9 Å². The van der Waals surface area contributed by atoms with Crippen molar-refractivity contribution in [3.8, 4) is 5.75 Å². The van der Waals surface area contributed by atoms with Crippen LogP contribution in [-0.4, -0.2) is 29.9 Å². The molecule has 1 aromatic heterocycles. The van der Waals surface area contributed by atoms with Gasteiger partial charge in [0, 0.05) is 24.6 Å². The first-order valence-corrected chi connectivity index (χ1v) is 10.7. The van der Waals surface area contributed by atoms with Crippen molar-refractivity contribution in [3.63, 3.8) is 0 Å². The van der Waals surface area contributed by atoms with Gasteiger partial charge in [0.2, 0.25) is 12.1 Å². The van der Waals surface area contributed by atoms with Crippen molar-refractivity contribution in [3.05, 3.63) is 96.7 Å². The van der Waals surface area contributed by atoms with Gasteiger partial charge in [0.15, 0.2) is 0 Å². The lowest BCUT2D eigenvalue weighted by molar-refractivity contribution is -0.126. The maximum absolute atomic E-state index is 12.9. The Hall–Kier alpha value is -3.93. The lowest BCUT2D eigenvalue weighted by Crippen LogP contribution is -2.40. The van der Waals surface area contributed by atoms with E-state index in [-0.39, 0.29) is 11.8 Å². The summed E-state index contributed by atoms with van der Waals surface area (Å²) in [5.74, 6) is 1.04. The summed E-state index contributed by atoms with van der Waals surface area (Å²) in [6, 6.07) is 23.4. The summed E-state index contributed by atoms with van der Waals surface area (Å²) >= 11 is 0. The number of benzene rings is 2. The lowest BCUT2D eigenvalue weighted by atomic mass is 10.00. The molecule has 1 amide bonds. The average Bonchev–Trinajstić information content (AvgIpc) is 2.85. The third-order valence-corrected chi connectivity index (χ3v) is 5.25. The molecule has 162 valence electrons. The fraction of sp³-hybridized carbons (Fsp3) is 0.192. The number of nitrogens with one attached hydrogen (secondary N) is 2. The zero-order valence-corrected chi connectivity index (χ0v) is 17.9. The zero-order chi connectivity index (χ0) is 22.2. The van der Waals surface area contributed by atoms with Gasteiger partial charge >= 0.3 is 0 Å². The van der Waals surface area contributed by atoms with Crippen LogP contribution in [0.3, 0.4) is 0 Å². The zero-order valence-electron chi connectivity index (χ0n) is 17.9. The predicted octanol–water partition coefficient (Wildman–Crippen LogP) is 4.71. The highest BCUT2D eigenvalue weighted by atomic mass is 16.5. The van der Waals surface area contributed by atoms with Crippen molar-refractivity contribution >= 4 is 23.6 Å². The summed E-state index contributed by atoms with van der Waals surface area (Å²) in [6.07, 6.45) is 6.40. The van der Waals surface area contributed by atoms with E-state index >= 15 is 0 Å². The van der Waals surface area contributed by atoms with Crippen LogP contribution in [0.1, 0.15) is 18.4 Å². The smallest absolute Gasteiger partial charge is 0.232 e. The van der Waals surface area contributed by atoms with Crippen LogP contribution >= 0.6 is 0 Å². The van der Waals surface area contributed by atoms with Crippen molar-refractivity contribution in [2.45, 2.75) is 19.1 Å². The number of dihydropyridines is 1. The van der Waals surface area contributed by atoms with Crippen LogP contribution in [0, 0.1) is 5.92 Å². The van der Waals surface area contributed by atoms with E-state index < -0.39 is 12.1 Å². The van der Waals surface area contributed by atoms with Gasteiger partial charge in [-0.1, -0.05) is 49.4 Å². The maximum atomic E-state index is 12.9. The number of rotatable bonds is 8. The summed E-state index contributed by atoms with van der Waals surface area (Å²) in [5, 5.41) is 6.27. The molecule has 3 unspecified atom stereocenters. The highest BCUT2D eigenvalue weighted by Gasteiger charge is 2.29. The summed E-state index contributed by atoms with van der Waals surface area (Å²) < 4.78 is 6.03. The van der Waals surface area contributed by atoms with Crippen LogP contribution in [0.2, 0.25) is 0 Å². The molecule has 3 atom stereocenters. The standard InChI is InChI=1S/C26H26N4O2/c1-19(20-8-3-2-4-9-20)18-29-25(31)23-10-7-17-28-26(23)32-22-14-12-21(13-15-22)30-24-11-5-6-16-27-24/h2-17,19,23,26H,18H2,1H3,(H,27,30)(H,29,31). The van der Waals surface area contributed by atoms with E-state index in [1.807, 2.05) is 66.7 Å². The highest BCUT2D eigenvalue weighted by molar-refractivity contribution is 5.84. The van der Waals surface area contributed by atoms with E-state index in [1.54, 1.807) is 18.5 Å². The number of hydrogen-bond acceptors (Lipinski definition) is 5. The maximum Gasteiger partial charge on any atom is 0.232 e. The molecule has 2 heterocycles. The largest absolute Gasteiger partial charge is 0.468 e. The van der Waals surface area contributed by atoms with Gasteiger partial charge in [-0.2, -0.15) is 0 Å². The van der Waals surface area contributed by atoms with E-state index in [9.17, 15) is 4.79 Å². The molecule has 0 bridgehead atoms. The Labute approximate surface area is 188 Å². The molecule has 0 saturated carbocycles. The summed E-state index contributed by atoms with van der Waals surface area (Å²) in [4.78, 5) is 21.5. The number of amides is 1. The minimum atomic E-state index is -0.610. The summed E-state index contributed by atoms with van der Waals surface area (Å²) in [5.41, 5.74) is 2.09. The molecule has 0 spiro atoms. The first-order chi connectivity index (χ1) is 15.7. The van der Waals surface area contributed by atoms with E-state index in [2.05, 4.69) is 39.7 Å². The van der Waals surface area contributed by atoms with Gasteiger partial charge in [0.1, 0.15) is 17.5 Å². The molecule has 0 aliphatic carbocycles. The topological polar surface area (TPSA) is 75.6 Å². The molecule has 32 heavy (non-hydrogen) atoms. The molecule has 1 aliphatic heterocycles. The Bertz CT molecular complexity index is 1070. The Morgan fingerprint density at radius 2 is 1.81 bits per heavy atom. The van der Waals surface area contributed by atoms with Gasteiger partial charge in [-0.15, -0.1) is 0 Å². The number of pyridine rings is 1. The van der Waals surface area contributed by atoms with Crippen molar-refractivity contribution in [2.75, 3.05) is 11.9 Å². The summed E-state index contributed by atoms with van der Waals surface area (Å²) in [6.45, 7) is 2.65. The summed E-state index contributed by atoms with van der Waals surface area (Å²) in [7, 11) is 0. The lowest BCUT2D eigenvalue weighted by Gasteiger charge is -2.24. The van der Waals surface area contributed by atoms with Crippen LogP contribution in [0.5, 0.6) is 5.75 Å². The number of allylic oxidation sites excluding steroid dienone is 1. The van der Waals surface area contributed by atoms with E-state index in [0.29, 0.717) is 12.3 Å². The first-order valence-electron chi connectivity index (χ1n) is 10.7. The van der Waals surface area contributed by atoms with Crippen molar-refractivity contribution in [1.29, 1.82) is 0 Å². The molecule has 2 N–H and O–H groups in total. The Morgan fingerprint density at radius 1 is 1.03 bits per heavy atom. The Morgan fingerprint density at radius 3 is 2.56 bits per heavy atom. The number of hydrogen-bond donors (Lipinski definition) is 2. The molecule has 0 fully saturated rings. The second kappa shape index (κ2) is 10.4. The second-order valence-electron chi connectivity index (χ2n) is 7.64. The molecular formula is C26H26N4O2. The number of aliphatic imine (C=N–C) groups is 1. The number of aromatic nitrogens is 1. The Kier molecular flexibility index (Phi) is 6.92. The van der Waals surface area contributed by atoms with E-state index in [0.717, 1.165) is 11.5 Å². The number of ether oxygens (including phenoxy) is 1. The van der Waals surface area contributed by atoms with Gasteiger partial charge in [0.25, 0.3) is 0 Å². The average molecular weight is 427 g/mol. The van der Waals surface area contributed by atoms with Crippen LogP contribution in [0.25, 0.3) is 0 Å². The third kappa shape index (κ3) is 5.60. The van der Waals surface area contributed by atoms with Crippen LogP contribution in [-0.2, 0) is 4.79 Å². The number of nitrogens with zero attached hydrogens (tertiary/aromatic N) is 2. The van der Waals surface area contributed by atoms with Crippen molar-refractivity contribution in [1.82, 2.24) is 10.3 Å².